The van der Waals surface area contributed by atoms with Crippen molar-refractivity contribution in [2.75, 3.05) is 0 Å². The van der Waals surface area contributed by atoms with Gasteiger partial charge in [0.1, 0.15) is 5.82 Å². The van der Waals surface area contributed by atoms with E-state index in [4.69, 9.17) is 0 Å². The Labute approximate surface area is 102 Å². The van der Waals surface area contributed by atoms with Gasteiger partial charge in [0.2, 0.25) is 0 Å². The van der Waals surface area contributed by atoms with Gasteiger partial charge < -0.3 is 0 Å². The predicted octanol–water partition coefficient (Wildman–Crippen LogP) is 4.15. The summed E-state index contributed by atoms with van der Waals surface area (Å²) in [7, 11) is 0. The first-order chi connectivity index (χ1) is 8.66. The molecular weight excluding hydrogens is 237 g/mol. The topological polar surface area (TPSA) is 67.9 Å². The van der Waals surface area contributed by atoms with Gasteiger partial charge in [0.25, 0.3) is 5.69 Å². The Balaban J connectivity index is 2.29. The highest BCUT2D eigenvalue weighted by Gasteiger charge is 2.11. The fourth-order valence-electron chi connectivity index (χ4n) is 1.32. The number of nitro groups is 1. The summed E-state index contributed by atoms with van der Waals surface area (Å²) in [6, 6.07) is 11.4. The molecule has 18 heavy (non-hydrogen) atoms. The van der Waals surface area contributed by atoms with Crippen LogP contribution < -0.4 is 0 Å². The van der Waals surface area contributed by atoms with Crippen molar-refractivity contribution in [3.8, 4) is 0 Å². The average molecular weight is 245 g/mol. The number of azo groups is 1. The molecule has 0 amide bonds. The summed E-state index contributed by atoms with van der Waals surface area (Å²) in [5.41, 5.74) is 0.463. The molecule has 2 aromatic carbocycles. The highest BCUT2D eigenvalue weighted by Crippen LogP contribution is 2.28. The van der Waals surface area contributed by atoms with E-state index in [0.717, 1.165) is 0 Å². The number of rotatable bonds is 3. The molecule has 0 saturated heterocycles. The molecule has 0 unspecified atom stereocenters. The Bertz CT molecular complexity index is 597. The van der Waals surface area contributed by atoms with Gasteiger partial charge in [-0.3, -0.25) is 10.1 Å². The van der Waals surface area contributed by atoms with E-state index in [1.807, 2.05) is 0 Å². The summed E-state index contributed by atoms with van der Waals surface area (Å²) in [5.74, 6) is -0.375. The van der Waals surface area contributed by atoms with Crippen molar-refractivity contribution < 1.29 is 9.31 Å². The van der Waals surface area contributed by atoms with E-state index >= 15 is 0 Å². The monoisotopic (exact) mass is 245 g/mol. The first kappa shape index (κ1) is 11.8. The van der Waals surface area contributed by atoms with E-state index in [2.05, 4.69) is 10.2 Å². The summed E-state index contributed by atoms with van der Waals surface area (Å²) < 4.78 is 12.7. The molecule has 0 spiro atoms. The van der Waals surface area contributed by atoms with Gasteiger partial charge in [0.15, 0.2) is 5.69 Å². The number of nitro benzene ring substituents is 1. The third kappa shape index (κ3) is 2.73. The predicted molar refractivity (Wildman–Crippen MR) is 63.7 cm³/mol. The first-order valence-electron chi connectivity index (χ1n) is 5.07. The van der Waals surface area contributed by atoms with Crippen molar-refractivity contribution in [2.24, 2.45) is 10.2 Å². The Morgan fingerprint density at radius 1 is 1.00 bits per heavy atom. The molecule has 6 heteroatoms. The van der Waals surface area contributed by atoms with E-state index in [0.29, 0.717) is 5.69 Å². The van der Waals surface area contributed by atoms with E-state index < -0.39 is 4.92 Å². The molecule has 2 rings (SSSR count). The minimum atomic E-state index is -0.529. The fourth-order valence-corrected chi connectivity index (χ4v) is 1.32. The van der Waals surface area contributed by atoms with Crippen LogP contribution in [0, 0.1) is 15.9 Å². The summed E-state index contributed by atoms with van der Waals surface area (Å²) in [4.78, 5) is 10.2. The van der Waals surface area contributed by atoms with Crippen LogP contribution in [-0.4, -0.2) is 4.92 Å². The standard InChI is InChI=1S/C12H8FN3O2/c13-9-5-7-10(8-6-9)14-15-11-3-1-2-4-12(11)16(17)18/h1-8H. The molecule has 0 heterocycles. The SMILES string of the molecule is O=[N+]([O-])c1ccccc1N=Nc1ccc(F)cc1. The average Bonchev–Trinajstić information content (AvgIpc) is 2.38. The molecule has 5 nitrogen and oxygen atoms in total. The fraction of sp³-hybridized carbons (Fsp3) is 0. The summed E-state index contributed by atoms with van der Waals surface area (Å²) >= 11 is 0. The van der Waals surface area contributed by atoms with Crippen molar-refractivity contribution in [1.29, 1.82) is 0 Å². The zero-order valence-corrected chi connectivity index (χ0v) is 9.15. The Hall–Kier alpha value is -2.63. The molecule has 2 aromatic rings. The number of benzene rings is 2. The van der Waals surface area contributed by atoms with Crippen molar-refractivity contribution in [3.63, 3.8) is 0 Å². The van der Waals surface area contributed by atoms with E-state index in [-0.39, 0.29) is 17.2 Å². The third-order valence-electron chi connectivity index (χ3n) is 2.18. The molecule has 0 aliphatic heterocycles. The van der Waals surface area contributed by atoms with Crippen LogP contribution >= 0.6 is 0 Å². The second kappa shape index (κ2) is 5.13. The van der Waals surface area contributed by atoms with Crippen LogP contribution in [0.4, 0.5) is 21.5 Å². The molecule has 0 N–H and O–H groups in total. The Kier molecular flexibility index (Phi) is 3.38. The zero-order chi connectivity index (χ0) is 13.0. The maximum absolute atomic E-state index is 12.7. The quantitative estimate of drug-likeness (QED) is 0.463. The van der Waals surface area contributed by atoms with Crippen molar-refractivity contribution in [1.82, 2.24) is 0 Å². The molecule has 0 bridgehead atoms. The summed E-state index contributed by atoms with van der Waals surface area (Å²) in [6.07, 6.45) is 0. The highest BCUT2D eigenvalue weighted by molar-refractivity contribution is 5.56. The second-order valence-electron chi connectivity index (χ2n) is 3.42. The van der Waals surface area contributed by atoms with Gasteiger partial charge in [-0.15, -0.1) is 5.11 Å². The molecule has 0 atom stereocenters. The Morgan fingerprint density at radius 3 is 2.33 bits per heavy atom. The zero-order valence-electron chi connectivity index (χ0n) is 9.15. The van der Waals surface area contributed by atoms with Crippen LogP contribution in [0.5, 0.6) is 0 Å². The van der Waals surface area contributed by atoms with E-state index in [1.165, 1.54) is 36.4 Å². The van der Waals surface area contributed by atoms with E-state index in [9.17, 15) is 14.5 Å². The van der Waals surface area contributed by atoms with Gasteiger partial charge >= 0.3 is 0 Å². The lowest BCUT2D eigenvalue weighted by Gasteiger charge is -1.95. The first-order valence-corrected chi connectivity index (χ1v) is 5.07. The third-order valence-corrected chi connectivity index (χ3v) is 2.18. The van der Waals surface area contributed by atoms with Crippen LogP contribution in [0.25, 0.3) is 0 Å². The number of hydrogen-bond donors (Lipinski definition) is 0. The highest BCUT2D eigenvalue weighted by atomic mass is 19.1. The van der Waals surface area contributed by atoms with Gasteiger partial charge in [-0.1, -0.05) is 12.1 Å². The number of halogens is 1. The van der Waals surface area contributed by atoms with Crippen molar-refractivity contribution in [2.45, 2.75) is 0 Å². The Morgan fingerprint density at radius 2 is 1.67 bits per heavy atom. The minimum Gasteiger partial charge on any atom is -0.258 e. The van der Waals surface area contributed by atoms with Crippen LogP contribution in [0.15, 0.2) is 58.8 Å². The van der Waals surface area contributed by atoms with Gasteiger partial charge in [-0.2, -0.15) is 5.11 Å². The molecule has 0 aliphatic rings. The number of nitrogens with zero attached hydrogens (tertiary/aromatic N) is 3. The molecule has 0 aromatic heterocycles. The molecule has 0 fully saturated rings. The lowest BCUT2D eigenvalue weighted by atomic mass is 10.3. The molecule has 0 radical (unpaired) electrons. The maximum Gasteiger partial charge on any atom is 0.296 e. The molecule has 0 saturated carbocycles. The van der Waals surface area contributed by atoms with Crippen LogP contribution in [0.3, 0.4) is 0 Å². The van der Waals surface area contributed by atoms with Gasteiger partial charge in [-0.05, 0) is 30.3 Å². The van der Waals surface area contributed by atoms with E-state index in [1.54, 1.807) is 12.1 Å². The lowest BCUT2D eigenvalue weighted by Crippen LogP contribution is -1.86. The largest absolute Gasteiger partial charge is 0.296 e. The molecule has 90 valence electrons. The van der Waals surface area contributed by atoms with Gasteiger partial charge in [0.05, 0.1) is 10.6 Å². The second-order valence-corrected chi connectivity index (χ2v) is 3.42. The molecule has 0 aliphatic carbocycles. The van der Waals surface area contributed by atoms with Crippen LogP contribution in [0.1, 0.15) is 0 Å². The molecular formula is C12H8FN3O2. The normalized spacial score (nSPS) is 10.7. The summed E-state index contributed by atoms with van der Waals surface area (Å²) in [5, 5.41) is 18.3. The maximum atomic E-state index is 12.7. The smallest absolute Gasteiger partial charge is 0.258 e. The number of para-hydroxylation sites is 1. The lowest BCUT2D eigenvalue weighted by molar-refractivity contribution is -0.384. The number of hydrogen-bond acceptors (Lipinski definition) is 4. The van der Waals surface area contributed by atoms with Crippen LogP contribution in [0.2, 0.25) is 0 Å². The summed E-state index contributed by atoms with van der Waals surface area (Å²) in [6.45, 7) is 0. The van der Waals surface area contributed by atoms with Gasteiger partial charge in [-0.25, -0.2) is 4.39 Å². The van der Waals surface area contributed by atoms with Crippen LogP contribution in [-0.2, 0) is 0 Å². The van der Waals surface area contributed by atoms with Gasteiger partial charge in [0, 0.05) is 6.07 Å². The minimum absolute atomic E-state index is 0.122. The van der Waals surface area contributed by atoms with Crippen molar-refractivity contribution in [3.05, 3.63) is 64.5 Å². The van der Waals surface area contributed by atoms with Crippen molar-refractivity contribution >= 4 is 17.1 Å².